The highest BCUT2D eigenvalue weighted by Gasteiger charge is 2.05. The van der Waals surface area contributed by atoms with Crippen LogP contribution in [0.1, 0.15) is 12.5 Å². The standard InChI is InChI=1S/C21H16ClN3/c1-14(17-8-4-6-15-5-2-3-7-18(15)17)24-25-20-11-12-23-21-13-16(22)9-10-19(20)21/h2-13H,1H3,(H,23,25)/b24-14-. The van der Waals surface area contributed by atoms with Crippen molar-refractivity contribution >= 4 is 44.7 Å². The van der Waals surface area contributed by atoms with Gasteiger partial charge in [0, 0.05) is 22.2 Å². The topological polar surface area (TPSA) is 37.3 Å². The molecule has 1 heterocycles. The molecule has 4 aromatic rings. The zero-order valence-corrected chi connectivity index (χ0v) is 14.5. The van der Waals surface area contributed by atoms with E-state index in [0.29, 0.717) is 5.02 Å². The highest BCUT2D eigenvalue weighted by atomic mass is 35.5. The summed E-state index contributed by atoms with van der Waals surface area (Å²) >= 11 is 6.05. The second-order valence-electron chi connectivity index (χ2n) is 5.86. The number of hydrogen-bond donors (Lipinski definition) is 1. The van der Waals surface area contributed by atoms with Gasteiger partial charge in [-0.15, -0.1) is 0 Å². The molecule has 0 saturated carbocycles. The normalized spacial score (nSPS) is 11.8. The van der Waals surface area contributed by atoms with Crippen LogP contribution in [0.4, 0.5) is 5.69 Å². The van der Waals surface area contributed by atoms with Crippen LogP contribution in [0.5, 0.6) is 0 Å². The van der Waals surface area contributed by atoms with E-state index in [0.717, 1.165) is 27.9 Å². The summed E-state index contributed by atoms with van der Waals surface area (Å²) in [5, 5.41) is 8.66. The van der Waals surface area contributed by atoms with Gasteiger partial charge in [0.25, 0.3) is 0 Å². The molecule has 0 amide bonds. The number of anilines is 1. The molecule has 3 aromatic carbocycles. The number of fused-ring (bicyclic) bond motifs is 2. The van der Waals surface area contributed by atoms with Crippen LogP contribution in [-0.4, -0.2) is 10.7 Å². The van der Waals surface area contributed by atoms with Crippen LogP contribution in [0.3, 0.4) is 0 Å². The molecule has 122 valence electrons. The van der Waals surface area contributed by atoms with Crippen molar-refractivity contribution in [1.29, 1.82) is 0 Å². The lowest BCUT2D eigenvalue weighted by atomic mass is 10.0. The molecule has 0 atom stereocenters. The number of pyridine rings is 1. The van der Waals surface area contributed by atoms with Crippen molar-refractivity contribution < 1.29 is 0 Å². The third-order valence-corrected chi connectivity index (χ3v) is 4.46. The fourth-order valence-corrected chi connectivity index (χ4v) is 3.13. The van der Waals surface area contributed by atoms with E-state index < -0.39 is 0 Å². The zero-order valence-electron chi connectivity index (χ0n) is 13.7. The summed E-state index contributed by atoms with van der Waals surface area (Å²) in [6, 6.07) is 22.2. The van der Waals surface area contributed by atoms with E-state index in [1.54, 1.807) is 6.20 Å². The molecule has 1 N–H and O–H groups in total. The molecule has 4 rings (SSSR count). The fraction of sp³-hybridized carbons (Fsp3) is 0.0476. The van der Waals surface area contributed by atoms with Crippen LogP contribution < -0.4 is 5.43 Å². The summed E-state index contributed by atoms with van der Waals surface area (Å²) in [6.07, 6.45) is 1.75. The minimum absolute atomic E-state index is 0.674. The number of nitrogens with zero attached hydrogens (tertiary/aromatic N) is 2. The summed E-state index contributed by atoms with van der Waals surface area (Å²) in [4.78, 5) is 4.36. The smallest absolute Gasteiger partial charge is 0.0738 e. The van der Waals surface area contributed by atoms with Gasteiger partial charge in [-0.2, -0.15) is 5.10 Å². The summed E-state index contributed by atoms with van der Waals surface area (Å²) in [5.74, 6) is 0. The van der Waals surface area contributed by atoms with Crippen LogP contribution in [0.25, 0.3) is 21.7 Å². The first-order valence-electron chi connectivity index (χ1n) is 8.05. The maximum Gasteiger partial charge on any atom is 0.0738 e. The predicted molar refractivity (Wildman–Crippen MR) is 107 cm³/mol. The molecule has 0 bridgehead atoms. The molecule has 0 fully saturated rings. The number of hydrazone groups is 1. The third kappa shape index (κ3) is 3.06. The maximum absolute atomic E-state index is 6.05. The molecule has 0 aliphatic rings. The van der Waals surface area contributed by atoms with Crippen molar-refractivity contribution in [2.75, 3.05) is 5.43 Å². The average Bonchev–Trinajstić information content (AvgIpc) is 2.65. The fourth-order valence-electron chi connectivity index (χ4n) is 2.96. The number of benzene rings is 3. The zero-order chi connectivity index (χ0) is 17.2. The van der Waals surface area contributed by atoms with E-state index >= 15 is 0 Å². The average molecular weight is 346 g/mol. The number of rotatable bonds is 3. The van der Waals surface area contributed by atoms with E-state index in [-0.39, 0.29) is 0 Å². The van der Waals surface area contributed by atoms with Gasteiger partial charge in [-0.25, -0.2) is 0 Å². The Morgan fingerprint density at radius 1 is 0.960 bits per heavy atom. The van der Waals surface area contributed by atoms with E-state index in [9.17, 15) is 0 Å². The van der Waals surface area contributed by atoms with Gasteiger partial charge in [0.1, 0.15) is 0 Å². The van der Waals surface area contributed by atoms with Gasteiger partial charge >= 0.3 is 0 Å². The van der Waals surface area contributed by atoms with Crippen LogP contribution in [0.15, 0.2) is 78.0 Å². The minimum atomic E-state index is 0.674. The van der Waals surface area contributed by atoms with E-state index in [1.165, 1.54) is 10.8 Å². The van der Waals surface area contributed by atoms with Gasteiger partial charge in [-0.3, -0.25) is 10.4 Å². The van der Waals surface area contributed by atoms with Crippen molar-refractivity contribution in [3.8, 4) is 0 Å². The molecule has 4 heteroatoms. The maximum atomic E-state index is 6.05. The van der Waals surface area contributed by atoms with Gasteiger partial charge in [0.15, 0.2) is 0 Å². The molecule has 3 nitrogen and oxygen atoms in total. The molecule has 1 aromatic heterocycles. The number of nitrogens with one attached hydrogen (secondary N) is 1. The van der Waals surface area contributed by atoms with Gasteiger partial charge in [0.2, 0.25) is 0 Å². The SMILES string of the molecule is C/C(=N/Nc1ccnc2cc(Cl)ccc12)c1cccc2ccccc12. The monoisotopic (exact) mass is 345 g/mol. The van der Waals surface area contributed by atoms with Crippen molar-refractivity contribution in [2.24, 2.45) is 5.10 Å². The Balaban J connectivity index is 1.72. The molecule has 0 aliphatic heterocycles. The molecule has 25 heavy (non-hydrogen) atoms. The van der Waals surface area contributed by atoms with Gasteiger partial charge < -0.3 is 0 Å². The van der Waals surface area contributed by atoms with Gasteiger partial charge in [0.05, 0.1) is 16.9 Å². The number of hydrogen-bond acceptors (Lipinski definition) is 3. The molecule has 0 aliphatic carbocycles. The molecular weight excluding hydrogens is 330 g/mol. The largest absolute Gasteiger partial charge is 0.277 e. The highest BCUT2D eigenvalue weighted by Crippen LogP contribution is 2.25. The third-order valence-electron chi connectivity index (χ3n) is 4.23. The van der Waals surface area contributed by atoms with E-state index in [2.05, 4.69) is 45.8 Å². The van der Waals surface area contributed by atoms with Crippen LogP contribution in [0, 0.1) is 0 Å². The van der Waals surface area contributed by atoms with Gasteiger partial charge in [-0.1, -0.05) is 54.1 Å². The van der Waals surface area contributed by atoms with Crippen molar-refractivity contribution in [1.82, 2.24) is 4.98 Å². The first kappa shape index (κ1) is 15.6. The summed E-state index contributed by atoms with van der Waals surface area (Å²) in [5.41, 5.74) is 6.97. The van der Waals surface area contributed by atoms with E-state index in [1.807, 2.05) is 43.3 Å². The quantitative estimate of drug-likeness (QED) is 0.372. The Hall–Kier alpha value is -2.91. The Morgan fingerprint density at radius 3 is 2.72 bits per heavy atom. The highest BCUT2D eigenvalue weighted by molar-refractivity contribution is 6.31. The summed E-state index contributed by atoms with van der Waals surface area (Å²) < 4.78 is 0. The lowest BCUT2D eigenvalue weighted by molar-refractivity contribution is 1.31. The predicted octanol–water partition coefficient (Wildman–Crippen LogP) is 5.88. The van der Waals surface area contributed by atoms with Crippen molar-refractivity contribution in [3.63, 3.8) is 0 Å². The Labute approximate surface area is 151 Å². The van der Waals surface area contributed by atoms with E-state index in [4.69, 9.17) is 11.6 Å². The second kappa shape index (κ2) is 6.54. The molecular formula is C21H16ClN3. The van der Waals surface area contributed by atoms with Crippen LogP contribution in [-0.2, 0) is 0 Å². The number of aromatic nitrogens is 1. The van der Waals surface area contributed by atoms with Crippen molar-refractivity contribution in [3.05, 3.63) is 83.5 Å². The van der Waals surface area contributed by atoms with Gasteiger partial charge in [-0.05, 0) is 42.0 Å². The minimum Gasteiger partial charge on any atom is -0.277 e. The Bertz CT molecular complexity index is 1100. The molecule has 0 radical (unpaired) electrons. The lowest BCUT2D eigenvalue weighted by Crippen LogP contribution is -2.01. The van der Waals surface area contributed by atoms with Crippen LogP contribution >= 0.6 is 11.6 Å². The van der Waals surface area contributed by atoms with Crippen molar-refractivity contribution in [2.45, 2.75) is 6.92 Å². The molecule has 0 spiro atoms. The number of halogens is 1. The first-order chi connectivity index (χ1) is 12.2. The van der Waals surface area contributed by atoms with Crippen LogP contribution in [0.2, 0.25) is 5.02 Å². The Kier molecular flexibility index (Phi) is 4.08. The molecule has 0 unspecified atom stereocenters. The second-order valence-corrected chi connectivity index (χ2v) is 6.29. The first-order valence-corrected chi connectivity index (χ1v) is 8.43. The summed E-state index contributed by atoms with van der Waals surface area (Å²) in [6.45, 7) is 2.01. The Morgan fingerprint density at radius 2 is 1.80 bits per heavy atom. The lowest BCUT2D eigenvalue weighted by Gasteiger charge is -2.09. The molecule has 0 saturated heterocycles. The summed E-state index contributed by atoms with van der Waals surface area (Å²) in [7, 11) is 0.